The minimum atomic E-state index is -0.0708. The fraction of sp³-hybridized carbons (Fsp3) is 0.571. The second-order valence-corrected chi connectivity index (χ2v) is 9.08. The van der Waals surface area contributed by atoms with Crippen molar-refractivity contribution < 1.29 is 18.9 Å². The molecule has 3 rings (SSSR count). The Hall–Kier alpha value is -1.80. The zero-order valence-corrected chi connectivity index (χ0v) is 21.3. The maximum Gasteiger partial charge on any atom is 0.0978 e. The number of likely N-dealkylation sites (N-methyl/N-ethyl adjacent to an activating group) is 2. The number of rotatable bonds is 2. The Morgan fingerprint density at radius 3 is 1.41 bits per heavy atom. The van der Waals surface area contributed by atoms with Crippen LogP contribution in [0, 0.1) is 0 Å². The second kappa shape index (κ2) is 14.6. The summed E-state index contributed by atoms with van der Waals surface area (Å²) in [5.74, 6) is 0. The van der Waals surface area contributed by atoms with Gasteiger partial charge in [-0.15, -0.1) is 0 Å². The molecule has 6 nitrogen and oxygen atoms in total. The van der Waals surface area contributed by atoms with Gasteiger partial charge in [-0.1, -0.05) is 60.7 Å². The fourth-order valence-corrected chi connectivity index (χ4v) is 4.34. The standard InChI is InChI=1S/C28H42N2O4/c1-23-27(25-11-7-5-8-12-25)33-21-19-31-17-15-29(3)16-18-32-20-22-34-28(24(2)30(23)4)26-13-9-6-10-14-26/h5-14,23-24,27-28H,15-22H2,1-4H3/t23-,24-,27-,28-/m0/s1. The van der Waals surface area contributed by atoms with Gasteiger partial charge in [0.1, 0.15) is 0 Å². The lowest BCUT2D eigenvalue weighted by Crippen LogP contribution is -2.45. The lowest BCUT2D eigenvalue weighted by molar-refractivity contribution is -0.0730. The molecular formula is C28H42N2O4. The molecule has 2 aromatic carbocycles. The molecule has 0 N–H and O–H groups in total. The largest absolute Gasteiger partial charge is 0.378 e. The van der Waals surface area contributed by atoms with Gasteiger partial charge in [-0.05, 0) is 39.1 Å². The highest BCUT2D eigenvalue weighted by atomic mass is 16.5. The molecule has 0 aromatic heterocycles. The summed E-state index contributed by atoms with van der Waals surface area (Å²) >= 11 is 0. The van der Waals surface area contributed by atoms with Gasteiger partial charge in [-0.2, -0.15) is 0 Å². The van der Waals surface area contributed by atoms with E-state index >= 15 is 0 Å². The molecule has 2 aromatic rings. The van der Waals surface area contributed by atoms with Crippen molar-refractivity contribution in [3.05, 3.63) is 71.8 Å². The topological polar surface area (TPSA) is 43.4 Å². The highest BCUT2D eigenvalue weighted by Gasteiger charge is 2.31. The first-order valence-electron chi connectivity index (χ1n) is 12.5. The van der Waals surface area contributed by atoms with Gasteiger partial charge in [0.15, 0.2) is 0 Å². The molecule has 1 heterocycles. The van der Waals surface area contributed by atoms with E-state index in [2.05, 4.69) is 86.3 Å². The summed E-state index contributed by atoms with van der Waals surface area (Å²) < 4.78 is 24.6. The predicted octanol–water partition coefficient (Wildman–Crippen LogP) is 4.19. The first kappa shape index (κ1) is 26.8. The van der Waals surface area contributed by atoms with Crippen molar-refractivity contribution in [3.8, 4) is 0 Å². The number of hydrogen-bond acceptors (Lipinski definition) is 6. The first-order valence-corrected chi connectivity index (χ1v) is 12.5. The van der Waals surface area contributed by atoms with Crippen molar-refractivity contribution >= 4 is 0 Å². The summed E-state index contributed by atoms with van der Waals surface area (Å²) in [6, 6.07) is 21.2. The Morgan fingerprint density at radius 1 is 0.588 bits per heavy atom. The molecular weight excluding hydrogens is 428 g/mol. The van der Waals surface area contributed by atoms with E-state index in [1.165, 1.54) is 11.1 Å². The molecule has 6 heteroatoms. The monoisotopic (exact) mass is 470 g/mol. The quantitative estimate of drug-likeness (QED) is 0.656. The van der Waals surface area contributed by atoms with Crippen molar-refractivity contribution in [1.82, 2.24) is 9.80 Å². The molecule has 1 aliphatic rings. The molecule has 0 aliphatic carbocycles. The zero-order chi connectivity index (χ0) is 24.2. The van der Waals surface area contributed by atoms with Gasteiger partial charge in [-0.25, -0.2) is 0 Å². The average molecular weight is 471 g/mol. The summed E-state index contributed by atoms with van der Waals surface area (Å²) in [6.45, 7) is 9.83. The van der Waals surface area contributed by atoms with Crippen LogP contribution in [0.3, 0.4) is 0 Å². The molecule has 0 radical (unpaired) electrons. The van der Waals surface area contributed by atoms with E-state index in [4.69, 9.17) is 18.9 Å². The molecule has 1 fully saturated rings. The number of nitrogens with zero attached hydrogens (tertiary/aromatic N) is 2. The van der Waals surface area contributed by atoms with Gasteiger partial charge in [0.05, 0.1) is 51.8 Å². The van der Waals surface area contributed by atoms with Gasteiger partial charge < -0.3 is 23.8 Å². The summed E-state index contributed by atoms with van der Waals surface area (Å²) in [6.07, 6.45) is -0.142. The third-order valence-electron chi connectivity index (χ3n) is 6.70. The van der Waals surface area contributed by atoms with Crippen LogP contribution < -0.4 is 0 Å². The normalized spacial score (nSPS) is 28.1. The zero-order valence-electron chi connectivity index (χ0n) is 21.3. The molecule has 0 bridgehead atoms. The van der Waals surface area contributed by atoms with Crippen LogP contribution >= 0.6 is 0 Å². The van der Waals surface area contributed by atoms with E-state index in [0.29, 0.717) is 39.6 Å². The summed E-state index contributed by atoms with van der Waals surface area (Å²) in [5.41, 5.74) is 2.35. The smallest absolute Gasteiger partial charge is 0.0978 e. The second-order valence-electron chi connectivity index (χ2n) is 9.08. The summed E-state index contributed by atoms with van der Waals surface area (Å²) in [7, 11) is 4.25. The molecule has 1 saturated heterocycles. The van der Waals surface area contributed by atoms with E-state index in [1.54, 1.807) is 0 Å². The van der Waals surface area contributed by atoms with Crippen LogP contribution in [0.1, 0.15) is 37.2 Å². The van der Waals surface area contributed by atoms with Crippen LogP contribution in [0.25, 0.3) is 0 Å². The highest BCUT2D eigenvalue weighted by Crippen LogP contribution is 2.30. The van der Waals surface area contributed by atoms with E-state index < -0.39 is 0 Å². The van der Waals surface area contributed by atoms with Crippen molar-refractivity contribution in [3.63, 3.8) is 0 Å². The SMILES string of the molecule is C[C@H]1[C@@H](c2ccccc2)OCCOCCN(C)CCOCCO[C@H](c2ccccc2)[C@H](C)N1C. The van der Waals surface area contributed by atoms with Crippen LogP contribution in [0.2, 0.25) is 0 Å². The van der Waals surface area contributed by atoms with Crippen LogP contribution in [0.5, 0.6) is 0 Å². The van der Waals surface area contributed by atoms with Crippen LogP contribution in [-0.2, 0) is 18.9 Å². The Kier molecular flexibility index (Phi) is 11.5. The number of hydrogen-bond donors (Lipinski definition) is 0. The van der Waals surface area contributed by atoms with Crippen LogP contribution in [0.15, 0.2) is 60.7 Å². The van der Waals surface area contributed by atoms with E-state index in [0.717, 1.165) is 13.1 Å². The Bertz CT molecular complexity index is 726. The van der Waals surface area contributed by atoms with E-state index in [1.807, 2.05) is 12.1 Å². The molecule has 1 aliphatic heterocycles. The van der Waals surface area contributed by atoms with Gasteiger partial charge in [-0.3, -0.25) is 4.90 Å². The minimum absolute atomic E-state index is 0.0708. The lowest BCUT2D eigenvalue weighted by atomic mass is 9.97. The number of ether oxygens (including phenoxy) is 4. The van der Waals surface area contributed by atoms with Crippen molar-refractivity contribution in [2.45, 2.75) is 38.1 Å². The maximum absolute atomic E-state index is 6.43. The summed E-state index contributed by atoms with van der Waals surface area (Å²) in [4.78, 5) is 4.60. The molecule has 0 spiro atoms. The third kappa shape index (κ3) is 8.15. The van der Waals surface area contributed by atoms with Gasteiger partial charge in [0.25, 0.3) is 0 Å². The van der Waals surface area contributed by atoms with Crippen LogP contribution in [-0.4, -0.2) is 88.7 Å². The van der Waals surface area contributed by atoms with Gasteiger partial charge in [0.2, 0.25) is 0 Å². The average Bonchev–Trinajstić information content (AvgIpc) is 2.87. The number of benzene rings is 2. The van der Waals surface area contributed by atoms with Crippen molar-refractivity contribution in [2.24, 2.45) is 0 Å². The molecule has 34 heavy (non-hydrogen) atoms. The van der Waals surface area contributed by atoms with Crippen molar-refractivity contribution in [2.75, 3.05) is 66.8 Å². The van der Waals surface area contributed by atoms with E-state index in [-0.39, 0.29) is 24.3 Å². The van der Waals surface area contributed by atoms with Crippen LogP contribution in [0.4, 0.5) is 0 Å². The first-order chi connectivity index (χ1) is 16.6. The summed E-state index contributed by atoms with van der Waals surface area (Å²) in [5, 5.41) is 0. The highest BCUT2D eigenvalue weighted by molar-refractivity contribution is 5.21. The van der Waals surface area contributed by atoms with Crippen molar-refractivity contribution in [1.29, 1.82) is 0 Å². The molecule has 188 valence electrons. The fourth-order valence-electron chi connectivity index (χ4n) is 4.34. The lowest BCUT2D eigenvalue weighted by Gasteiger charge is -2.39. The van der Waals surface area contributed by atoms with Gasteiger partial charge >= 0.3 is 0 Å². The minimum Gasteiger partial charge on any atom is -0.378 e. The Labute approximate surface area is 205 Å². The Balaban J connectivity index is 1.80. The molecule has 4 atom stereocenters. The maximum atomic E-state index is 6.43. The van der Waals surface area contributed by atoms with Gasteiger partial charge in [0, 0.05) is 25.2 Å². The molecule has 0 saturated carbocycles. The predicted molar refractivity (Wildman–Crippen MR) is 136 cm³/mol. The Morgan fingerprint density at radius 2 is 1.00 bits per heavy atom. The molecule has 0 amide bonds. The molecule has 0 unspecified atom stereocenters. The van der Waals surface area contributed by atoms with E-state index in [9.17, 15) is 0 Å². The third-order valence-corrected chi connectivity index (χ3v) is 6.70.